The van der Waals surface area contributed by atoms with E-state index in [1.54, 1.807) is 0 Å². The number of halogens is 1. The molecule has 1 aromatic heterocycles. The lowest BCUT2D eigenvalue weighted by atomic mass is 10.2. The van der Waals surface area contributed by atoms with E-state index in [2.05, 4.69) is 26.1 Å². The highest BCUT2D eigenvalue weighted by Gasteiger charge is 2.42. The molecular weight excluding hydrogens is 180 g/mol. The van der Waals surface area contributed by atoms with Crippen LogP contribution in [0, 0.1) is 0 Å². The quantitative estimate of drug-likeness (QED) is 0.667. The standard InChI is InChI=1S/C6H7BrN2/c7-6(1-2-6)5-3-8-9-4-5/h3-4H,1-2H2,(H,8,9). The molecule has 0 amide bonds. The Morgan fingerprint density at radius 3 is 2.89 bits per heavy atom. The predicted molar refractivity (Wildman–Crippen MR) is 38.4 cm³/mol. The van der Waals surface area contributed by atoms with Crippen LogP contribution >= 0.6 is 15.9 Å². The molecule has 48 valence electrons. The summed E-state index contributed by atoms with van der Waals surface area (Å²) in [5.41, 5.74) is 1.28. The maximum atomic E-state index is 3.87. The van der Waals surface area contributed by atoms with E-state index in [0.29, 0.717) is 4.32 Å². The van der Waals surface area contributed by atoms with Crippen molar-refractivity contribution < 1.29 is 0 Å². The van der Waals surface area contributed by atoms with Gasteiger partial charge in [0.05, 0.1) is 10.5 Å². The third-order valence-electron chi connectivity index (χ3n) is 1.70. The number of aromatic amines is 1. The first-order valence-corrected chi connectivity index (χ1v) is 3.79. The molecule has 0 atom stereocenters. The van der Waals surface area contributed by atoms with Crippen LogP contribution in [-0.2, 0) is 4.32 Å². The molecule has 0 bridgehead atoms. The molecule has 0 spiro atoms. The molecule has 2 nitrogen and oxygen atoms in total. The topological polar surface area (TPSA) is 28.7 Å². The van der Waals surface area contributed by atoms with Crippen LogP contribution < -0.4 is 0 Å². The Labute approximate surface area is 61.8 Å². The van der Waals surface area contributed by atoms with Crippen molar-refractivity contribution in [1.82, 2.24) is 10.2 Å². The highest BCUT2D eigenvalue weighted by molar-refractivity contribution is 9.09. The second kappa shape index (κ2) is 1.59. The van der Waals surface area contributed by atoms with Crippen molar-refractivity contribution in [2.45, 2.75) is 17.2 Å². The van der Waals surface area contributed by atoms with Crippen molar-refractivity contribution in [3.05, 3.63) is 18.0 Å². The van der Waals surface area contributed by atoms with Crippen molar-refractivity contribution >= 4 is 15.9 Å². The Kier molecular flexibility index (Phi) is 0.970. The van der Waals surface area contributed by atoms with Gasteiger partial charge in [-0.05, 0) is 12.8 Å². The Morgan fingerprint density at radius 1 is 1.67 bits per heavy atom. The summed E-state index contributed by atoms with van der Waals surface area (Å²) in [7, 11) is 0. The molecule has 2 rings (SSSR count). The van der Waals surface area contributed by atoms with E-state index in [4.69, 9.17) is 0 Å². The van der Waals surface area contributed by atoms with E-state index < -0.39 is 0 Å². The highest BCUT2D eigenvalue weighted by atomic mass is 79.9. The van der Waals surface area contributed by atoms with Gasteiger partial charge in [0.2, 0.25) is 0 Å². The fraction of sp³-hybridized carbons (Fsp3) is 0.500. The van der Waals surface area contributed by atoms with E-state index in [1.165, 1.54) is 18.4 Å². The van der Waals surface area contributed by atoms with Crippen LogP contribution in [0.1, 0.15) is 18.4 Å². The van der Waals surface area contributed by atoms with Crippen molar-refractivity contribution in [3.8, 4) is 0 Å². The molecule has 1 fully saturated rings. The molecule has 0 unspecified atom stereocenters. The van der Waals surface area contributed by atoms with Crippen LogP contribution in [-0.4, -0.2) is 10.2 Å². The van der Waals surface area contributed by atoms with Crippen molar-refractivity contribution in [2.24, 2.45) is 0 Å². The van der Waals surface area contributed by atoms with Crippen LogP contribution in [0.25, 0.3) is 0 Å². The van der Waals surface area contributed by atoms with Gasteiger partial charge < -0.3 is 0 Å². The number of rotatable bonds is 1. The number of hydrogen-bond acceptors (Lipinski definition) is 1. The monoisotopic (exact) mass is 186 g/mol. The second-order valence-corrected chi connectivity index (χ2v) is 3.97. The summed E-state index contributed by atoms with van der Waals surface area (Å²) in [5, 5.41) is 6.67. The maximum Gasteiger partial charge on any atom is 0.0538 e. The minimum Gasteiger partial charge on any atom is -0.285 e. The van der Waals surface area contributed by atoms with Crippen molar-refractivity contribution in [3.63, 3.8) is 0 Å². The molecule has 0 radical (unpaired) electrons. The minimum atomic E-state index is 0.292. The summed E-state index contributed by atoms with van der Waals surface area (Å²) >= 11 is 3.62. The molecule has 9 heavy (non-hydrogen) atoms. The minimum absolute atomic E-state index is 0.292. The second-order valence-electron chi connectivity index (χ2n) is 2.45. The number of nitrogens with one attached hydrogen (secondary N) is 1. The zero-order valence-electron chi connectivity index (χ0n) is 4.89. The smallest absolute Gasteiger partial charge is 0.0538 e. The summed E-state index contributed by atoms with van der Waals surface area (Å²) in [6.45, 7) is 0. The van der Waals surface area contributed by atoms with Gasteiger partial charge in [0.15, 0.2) is 0 Å². The zero-order chi connectivity index (χ0) is 6.32. The fourth-order valence-corrected chi connectivity index (χ4v) is 1.31. The van der Waals surface area contributed by atoms with E-state index >= 15 is 0 Å². The zero-order valence-corrected chi connectivity index (χ0v) is 6.48. The number of aromatic nitrogens is 2. The number of alkyl halides is 1. The van der Waals surface area contributed by atoms with Gasteiger partial charge in [0.1, 0.15) is 0 Å². The molecule has 0 aromatic carbocycles. The average Bonchev–Trinajstić information content (AvgIpc) is 2.46. The van der Waals surface area contributed by atoms with E-state index in [-0.39, 0.29) is 0 Å². The Bertz CT molecular complexity index is 201. The van der Waals surface area contributed by atoms with Crippen LogP contribution in [0.15, 0.2) is 12.4 Å². The van der Waals surface area contributed by atoms with Gasteiger partial charge in [-0.15, -0.1) is 0 Å². The number of hydrogen-bond donors (Lipinski definition) is 1. The molecule has 1 N–H and O–H groups in total. The van der Waals surface area contributed by atoms with Crippen LogP contribution in [0.4, 0.5) is 0 Å². The molecule has 0 saturated heterocycles. The van der Waals surface area contributed by atoms with Gasteiger partial charge in [0, 0.05) is 11.8 Å². The first-order valence-electron chi connectivity index (χ1n) is 2.99. The molecule has 1 saturated carbocycles. The lowest BCUT2D eigenvalue weighted by Crippen LogP contribution is -1.90. The van der Waals surface area contributed by atoms with Crippen molar-refractivity contribution in [1.29, 1.82) is 0 Å². The van der Waals surface area contributed by atoms with Gasteiger partial charge in [-0.3, -0.25) is 5.10 Å². The molecule has 1 heterocycles. The Morgan fingerprint density at radius 2 is 2.44 bits per heavy atom. The Hall–Kier alpha value is -0.310. The highest BCUT2D eigenvalue weighted by Crippen LogP contribution is 2.53. The SMILES string of the molecule is BrC1(c2cn[nH]c2)CC1. The van der Waals surface area contributed by atoms with E-state index in [1.807, 2.05) is 12.4 Å². The number of nitrogens with zero attached hydrogens (tertiary/aromatic N) is 1. The molecule has 3 heteroatoms. The number of H-pyrrole nitrogens is 1. The molecule has 1 aliphatic carbocycles. The van der Waals surface area contributed by atoms with Crippen molar-refractivity contribution in [2.75, 3.05) is 0 Å². The summed E-state index contributed by atoms with van der Waals surface area (Å²) in [5.74, 6) is 0. The third-order valence-corrected chi connectivity index (χ3v) is 2.96. The molecular formula is C6H7BrN2. The summed E-state index contributed by atoms with van der Waals surface area (Å²) in [6, 6.07) is 0. The fourth-order valence-electron chi connectivity index (χ4n) is 0.894. The van der Waals surface area contributed by atoms with E-state index in [9.17, 15) is 0 Å². The average molecular weight is 187 g/mol. The van der Waals surface area contributed by atoms with Crippen LogP contribution in [0.3, 0.4) is 0 Å². The van der Waals surface area contributed by atoms with Gasteiger partial charge in [-0.2, -0.15) is 5.10 Å². The summed E-state index contributed by atoms with van der Waals surface area (Å²) in [4.78, 5) is 0. The first-order chi connectivity index (χ1) is 4.31. The van der Waals surface area contributed by atoms with Gasteiger partial charge >= 0.3 is 0 Å². The van der Waals surface area contributed by atoms with Gasteiger partial charge in [-0.1, -0.05) is 15.9 Å². The van der Waals surface area contributed by atoms with E-state index in [0.717, 1.165) is 0 Å². The largest absolute Gasteiger partial charge is 0.285 e. The molecule has 1 aliphatic rings. The first kappa shape index (κ1) is 5.47. The maximum absolute atomic E-state index is 3.87. The predicted octanol–water partition coefficient (Wildman–Crippen LogP) is 1.79. The van der Waals surface area contributed by atoms with Crippen LogP contribution in [0.2, 0.25) is 0 Å². The summed E-state index contributed by atoms with van der Waals surface area (Å²) in [6.07, 6.45) is 6.31. The summed E-state index contributed by atoms with van der Waals surface area (Å²) < 4.78 is 0.292. The molecule has 0 aliphatic heterocycles. The Balaban J connectivity index is 2.34. The lowest BCUT2D eigenvalue weighted by molar-refractivity contribution is 1.06. The van der Waals surface area contributed by atoms with Crippen LogP contribution in [0.5, 0.6) is 0 Å². The van der Waals surface area contributed by atoms with Gasteiger partial charge in [-0.25, -0.2) is 0 Å². The lowest BCUT2D eigenvalue weighted by Gasteiger charge is -1.97. The molecule has 1 aromatic rings. The third kappa shape index (κ3) is 0.796. The van der Waals surface area contributed by atoms with Gasteiger partial charge in [0.25, 0.3) is 0 Å². The normalized spacial score (nSPS) is 21.9.